The fraction of sp³-hybridized carbons (Fsp3) is 0.667. The number of halogens is 1. The first kappa shape index (κ1) is 7.63. The average Bonchev–Trinajstić information content (AvgIpc) is 1.84. The first-order valence-electron chi connectivity index (χ1n) is 2.56. The van der Waals surface area contributed by atoms with E-state index in [0.717, 1.165) is 0 Å². The SMILES string of the molecule is C/C=C(\F)C(C)OC. The van der Waals surface area contributed by atoms with Crippen LogP contribution in [-0.2, 0) is 4.74 Å². The van der Waals surface area contributed by atoms with Gasteiger partial charge in [-0.15, -0.1) is 0 Å². The molecule has 0 spiro atoms. The molecular formula is C6H11FO. The lowest BCUT2D eigenvalue weighted by Gasteiger charge is -2.03. The van der Waals surface area contributed by atoms with Crippen molar-refractivity contribution in [2.75, 3.05) is 7.11 Å². The minimum atomic E-state index is -0.389. The molecule has 0 saturated heterocycles. The van der Waals surface area contributed by atoms with E-state index in [1.807, 2.05) is 0 Å². The van der Waals surface area contributed by atoms with Gasteiger partial charge < -0.3 is 4.74 Å². The molecule has 0 bridgehead atoms. The molecule has 0 saturated carbocycles. The van der Waals surface area contributed by atoms with Crippen LogP contribution in [0.25, 0.3) is 0 Å². The molecule has 1 atom stereocenters. The highest BCUT2D eigenvalue weighted by Crippen LogP contribution is 2.04. The summed E-state index contributed by atoms with van der Waals surface area (Å²) in [5, 5.41) is 0. The van der Waals surface area contributed by atoms with E-state index in [4.69, 9.17) is 0 Å². The van der Waals surface area contributed by atoms with E-state index in [-0.39, 0.29) is 11.9 Å². The zero-order valence-electron chi connectivity index (χ0n) is 5.44. The van der Waals surface area contributed by atoms with Crippen LogP contribution in [0, 0.1) is 0 Å². The smallest absolute Gasteiger partial charge is 0.124 e. The monoisotopic (exact) mass is 118 g/mol. The quantitative estimate of drug-likeness (QED) is 0.538. The van der Waals surface area contributed by atoms with Gasteiger partial charge in [0.1, 0.15) is 11.9 Å². The highest BCUT2D eigenvalue weighted by Gasteiger charge is 2.02. The van der Waals surface area contributed by atoms with Crippen molar-refractivity contribution < 1.29 is 9.13 Å². The standard InChI is InChI=1S/C6H11FO/c1-4-6(7)5(2)8-3/h4-5H,1-3H3/b6-4-. The van der Waals surface area contributed by atoms with Crippen LogP contribution in [0.15, 0.2) is 11.9 Å². The Morgan fingerprint density at radius 2 is 2.25 bits per heavy atom. The molecule has 0 N–H and O–H groups in total. The lowest BCUT2D eigenvalue weighted by Crippen LogP contribution is -2.03. The number of hydrogen-bond acceptors (Lipinski definition) is 1. The lowest BCUT2D eigenvalue weighted by molar-refractivity contribution is 0.127. The second kappa shape index (κ2) is 3.61. The van der Waals surface area contributed by atoms with E-state index in [1.165, 1.54) is 13.2 Å². The normalized spacial score (nSPS) is 16.2. The third kappa shape index (κ3) is 2.07. The Kier molecular flexibility index (Phi) is 3.44. The van der Waals surface area contributed by atoms with Crippen molar-refractivity contribution in [2.24, 2.45) is 0 Å². The molecule has 1 unspecified atom stereocenters. The van der Waals surface area contributed by atoms with Gasteiger partial charge in [0, 0.05) is 7.11 Å². The molecule has 0 aromatic rings. The van der Waals surface area contributed by atoms with Crippen LogP contribution in [0.2, 0.25) is 0 Å². The van der Waals surface area contributed by atoms with Crippen LogP contribution in [0.4, 0.5) is 4.39 Å². The Balaban J connectivity index is 3.63. The van der Waals surface area contributed by atoms with E-state index in [9.17, 15) is 4.39 Å². The molecule has 8 heavy (non-hydrogen) atoms. The van der Waals surface area contributed by atoms with Gasteiger partial charge in [0.25, 0.3) is 0 Å². The summed E-state index contributed by atoms with van der Waals surface area (Å²) in [4.78, 5) is 0. The Bertz CT molecular complexity index is 88.5. The summed E-state index contributed by atoms with van der Waals surface area (Å²) < 4.78 is 16.9. The predicted octanol–water partition coefficient (Wildman–Crippen LogP) is 1.89. The van der Waals surface area contributed by atoms with Crippen molar-refractivity contribution in [3.63, 3.8) is 0 Å². The number of allylic oxidation sites excluding steroid dienone is 1. The van der Waals surface area contributed by atoms with Gasteiger partial charge in [-0.2, -0.15) is 0 Å². The fourth-order valence-corrected chi connectivity index (χ4v) is 0.347. The van der Waals surface area contributed by atoms with E-state index in [2.05, 4.69) is 4.74 Å². The van der Waals surface area contributed by atoms with Gasteiger partial charge in [0.05, 0.1) is 0 Å². The molecule has 0 amide bonds. The summed E-state index contributed by atoms with van der Waals surface area (Å²) in [7, 11) is 1.48. The second-order valence-electron chi connectivity index (χ2n) is 1.55. The average molecular weight is 118 g/mol. The van der Waals surface area contributed by atoms with Gasteiger partial charge in [-0.25, -0.2) is 4.39 Å². The number of methoxy groups -OCH3 is 1. The Morgan fingerprint density at radius 3 is 2.38 bits per heavy atom. The van der Waals surface area contributed by atoms with Gasteiger partial charge in [-0.3, -0.25) is 0 Å². The van der Waals surface area contributed by atoms with Crippen LogP contribution in [-0.4, -0.2) is 13.2 Å². The topological polar surface area (TPSA) is 9.23 Å². The van der Waals surface area contributed by atoms with Gasteiger partial charge in [-0.05, 0) is 13.8 Å². The molecule has 0 aliphatic heterocycles. The largest absolute Gasteiger partial charge is 0.375 e. The third-order valence-corrected chi connectivity index (χ3v) is 1.02. The van der Waals surface area contributed by atoms with Crippen molar-refractivity contribution in [1.29, 1.82) is 0 Å². The molecule has 0 radical (unpaired) electrons. The Morgan fingerprint density at radius 1 is 1.75 bits per heavy atom. The van der Waals surface area contributed by atoms with E-state index in [1.54, 1.807) is 13.8 Å². The van der Waals surface area contributed by atoms with Crippen molar-refractivity contribution in [2.45, 2.75) is 20.0 Å². The van der Waals surface area contributed by atoms with Crippen molar-refractivity contribution >= 4 is 0 Å². The van der Waals surface area contributed by atoms with E-state index < -0.39 is 0 Å². The molecular weight excluding hydrogens is 107 g/mol. The molecule has 0 fully saturated rings. The van der Waals surface area contributed by atoms with Gasteiger partial charge >= 0.3 is 0 Å². The summed E-state index contributed by atoms with van der Waals surface area (Å²) in [6.45, 7) is 3.31. The van der Waals surface area contributed by atoms with Crippen molar-refractivity contribution in [3.05, 3.63) is 11.9 Å². The maximum atomic E-state index is 12.3. The number of rotatable bonds is 2. The van der Waals surface area contributed by atoms with Gasteiger partial charge in [-0.1, -0.05) is 6.08 Å². The summed E-state index contributed by atoms with van der Waals surface area (Å²) in [6.07, 6.45) is 1.01. The van der Waals surface area contributed by atoms with Crippen LogP contribution in [0.5, 0.6) is 0 Å². The van der Waals surface area contributed by atoms with Gasteiger partial charge in [0.2, 0.25) is 0 Å². The molecule has 1 nitrogen and oxygen atoms in total. The maximum absolute atomic E-state index is 12.3. The Labute approximate surface area is 49.2 Å². The second-order valence-corrected chi connectivity index (χ2v) is 1.55. The van der Waals surface area contributed by atoms with E-state index >= 15 is 0 Å². The van der Waals surface area contributed by atoms with E-state index in [0.29, 0.717) is 0 Å². The predicted molar refractivity (Wildman–Crippen MR) is 31.3 cm³/mol. The zero-order valence-corrected chi connectivity index (χ0v) is 5.44. The summed E-state index contributed by atoms with van der Waals surface area (Å²) in [6, 6.07) is 0. The van der Waals surface area contributed by atoms with Crippen LogP contribution in [0.3, 0.4) is 0 Å². The molecule has 0 aliphatic carbocycles. The van der Waals surface area contributed by atoms with Crippen molar-refractivity contribution in [1.82, 2.24) is 0 Å². The van der Waals surface area contributed by atoms with Gasteiger partial charge in [0.15, 0.2) is 0 Å². The molecule has 2 heteroatoms. The summed E-state index contributed by atoms with van der Waals surface area (Å²) in [5.41, 5.74) is 0. The summed E-state index contributed by atoms with van der Waals surface area (Å²) >= 11 is 0. The molecule has 0 rings (SSSR count). The molecule has 48 valence electrons. The fourth-order valence-electron chi connectivity index (χ4n) is 0.347. The maximum Gasteiger partial charge on any atom is 0.124 e. The lowest BCUT2D eigenvalue weighted by atomic mass is 10.3. The van der Waals surface area contributed by atoms with Crippen LogP contribution < -0.4 is 0 Å². The molecule has 0 aromatic carbocycles. The first-order chi connectivity index (χ1) is 3.72. The highest BCUT2D eigenvalue weighted by atomic mass is 19.1. The van der Waals surface area contributed by atoms with Crippen molar-refractivity contribution in [3.8, 4) is 0 Å². The van der Waals surface area contributed by atoms with Crippen LogP contribution >= 0.6 is 0 Å². The minimum Gasteiger partial charge on any atom is -0.375 e. The molecule has 0 heterocycles. The number of ether oxygens (including phenoxy) is 1. The molecule has 0 aromatic heterocycles. The third-order valence-electron chi connectivity index (χ3n) is 1.02. The van der Waals surface area contributed by atoms with Crippen LogP contribution in [0.1, 0.15) is 13.8 Å². The summed E-state index contributed by atoms with van der Waals surface area (Å²) in [5.74, 6) is -0.215. The molecule has 0 aliphatic rings. The Hall–Kier alpha value is -0.370. The minimum absolute atomic E-state index is 0.215. The number of hydrogen-bond donors (Lipinski definition) is 0. The highest BCUT2D eigenvalue weighted by molar-refractivity contribution is 4.94. The zero-order chi connectivity index (χ0) is 6.57. The first-order valence-corrected chi connectivity index (χ1v) is 2.56.